The zero-order chi connectivity index (χ0) is 14.1. The predicted octanol–water partition coefficient (Wildman–Crippen LogP) is 2.45. The molecule has 0 fully saturated rings. The molecule has 4 N–H and O–H groups in total. The van der Waals surface area contributed by atoms with Gasteiger partial charge in [-0.15, -0.1) is 0 Å². The number of rotatable bonds is 2. The van der Waals surface area contributed by atoms with Crippen LogP contribution in [0, 0.1) is 0 Å². The number of anilines is 3. The van der Waals surface area contributed by atoms with Gasteiger partial charge in [0.15, 0.2) is 0 Å². The van der Waals surface area contributed by atoms with Crippen molar-refractivity contribution in [1.29, 1.82) is 0 Å². The van der Waals surface area contributed by atoms with Gasteiger partial charge in [0.05, 0.1) is 16.9 Å². The monoisotopic (exact) mass is 267 g/mol. The Bertz CT molecular complexity index is 667. The van der Waals surface area contributed by atoms with Crippen molar-refractivity contribution in [3.63, 3.8) is 0 Å². The summed E-state index contributed by atoms with van der Waals surface area (Å²) >= 11 is 0. The molecule has 1 aliphatic rings. The number of hydrogen-bond donors (Lipinski definition) is 2. The van der Waals surface area contributed by atoms with E-state index in [1.165, 1.54) is 5.56 Å². The second-order valence-electron chi connectivity index (χ2n) is 4.99. The third-order valence-corrected chi connectivity index (χ3v) is 3.75. The molecule has 0 aromatic heterocycles. The van der Waals surface area contributed by atoms with Crippen molar-refractivity contribution in [3.8, 4) is 0 Å². The minimum Gasteiger partial charge on any atom is -0.396 e. The summed E-state index contributed by atoms with van der Waals surface area (Å²) in [5.74, 6) is -0.491. The second kappa shape index (κ2) is 4.89. The van der Waals surface area contributed by atoms with Crippen molar-refractivity contribution in [3.05, 3.63) is 53.6 Å². The van der Waals surface area contributed by atoms with Gasteiger partial charge < -0.3 is 16.4 Å². The highest BCUT2D eigenvalue weighted by Gasteiger charge is 2.21. The Morgan fingerprint density at radius 1 is 1.05 bits per heavy atom. The molecule has 2 aromatic carbocycles. The minimum absolute atomic E-state index is 0.380. The van der Waals surface area contributed by atoms with Crippen LogP contribution in [0.15, 0.2) is 42.5 Å². The fourth-order valence-electron chi connectivity index (χ4n) is 2.79. The molecule has 0 aliphatic carbocycles. The predicted molar refractivity (Wildman–Crippen MR) is 81.1 cm³/mol. The number of carbonyl (C=O) groups excluding carboxylic acids is 1. The molecule has 0 atom stereocenters. The topological polar surface area (TPSA) is 72.4 Å². The van der Waals surface area contributed by atoms with Crippen LogP contribution in [0.4, 0.5) is 17.1 Å². The molecule has 1 heterocycles. The van der Waals surface area contributed by atoms with Crippen molar-refractivity contribution >= 4 is 23.0 Å². The number of carbonyl (C=O) groups is 1. The van der Waals surface area contributed by atoms with Crippen molar-refractivity contribution in [2.45, 2.75) is 12.8 Å². The standard InChI is InChI=1S/C16H17N3O/c17-15-12(16(18)20)7-3-9-14(15)19-10-4-6-11-5-1-2-8-13(11)19/h1-3,5,7-9H,4,6,10,17H2,(H2,18,20). The highest BCUT2D eigenvalue weighted by molar-refractivity contribution is 6.01. The zero-order valence-electron chi connectivity index (χ0n) is 11.2. The fraction of sp³-hybridized carbons (Fsp3) is 0.188. The van der Waals surface area contributed by atoms with Crippen LogP contribution in [0.2, 0.25) is 0 Å². The highest BCUT2D eigenvalue weighted by atomic mass is 16.1. The summed E-state index contributed by atoms with van der Waals surface area (Å²) in [6.45, 7) is 0.892. The van der Waals surface area contributed by atoms with Crippen LogP contribution in [0.25, 0.3) is 0 Å². The van der Waals surface area contributed by atoms with Crippen molar-refractivity contribution in [2.75, 3.05) is 17.2 Å². The molecular formula is C16H17N3O. The Morgan fingerprint density at radius 3 is 2.60 bits per heavy atom. The maximum Gasteiger partial charge on any atom is 0.250 e. The van der Waals surface area contributed by atoms with Crippen LogP contribution in [0.5, 0.6) is 0 Å². The first-order valence-electron chi connectivity index (χ1n) is 6.72. The van der Waals surface area contributed by atoms with Gasteiger partial charge >= 0.3 is 0 Å². The molecule has 0 radical (unpaired) electrons. The first-order valence-corrected chi connectivity index (χ1v) is 6.72. The lowest BCUT2D eigenvalue weighted by Gasteiger charge is -2.32. The summed E-state index contributed by atoms with van der Waals surface area (Å²) in [4.78, 5) is 13.6. The zero-order valence-corrected chi connectivity index (χ0v) is 11.2. The number of benzene rings is 2. The number of fused-ring (bicyclic) bond motifs is 1. The van der Waals surface area contributed by atoms with Crippen LogP contribution in [-0.2, 0) is 6.42 Å². The molecular weight excluding hydrogens is 250 g/mol. The van der Waals surface area contributed by atoms with Gasteiger partial charge in [-0.05, 0) is 36.6 Å². The normalized spacial score (nSPS) is 13.9. The first-order chi connectivity index (χ1) is 9.68. The quantitative estimate of drug-likeness (QED) is 0.821. The van der Waals surface area contributed by atoms with Crippen molar-refractivity contribution in [1.82, 2.24) is 0 Å². The molecule has 4 nitrogen and oxygen atoms in total. The Kier molecular flexibility index (Phi) is 3.06. The van der Waals surface area contributed by atoms with Crippen LogP contribution < -0.4 is 16.4 Å². The fourth-order valence-corrected chi connectivity index (χ4v) is 2.79. The number of primary amides is 1. The SMILES string of the molecule is NC(=O)c1cccc(N2CCCc3ccccc32)c1N. The van der Waals surface area contributed by atoms with E-state index >= 15 is 0 Å². The van der Waals surface area contributed by atoms with Crippen molar-refractivity contribution in [2.24, 2.45) is 5.73 Å². The van der Waals surface area contributed by atoms with Gasteiger partial charge in [-0.1, -0.05) is 24.3 Å². The Morgan fingerprint density at radius 2 is 1.80 bits per heavy atom. The number of hydrogen-bond acceptors (Lipinski definition) is 3. The minimum atomic E-state index is -0.491. The number of amides is 1. The number of para-hydroxylation sites is 2. The first kappa shape index (κ1) is 12.5. The van der Waals surface area contributed by atoms with Gasteiger partial charge in [-0.3, -0.25) is 4.79 Å². The largest absolute Gasteiger partial charge is 0.396 e. The molecule has 1 aliphatic heterocycles. The van der Waals surface area contributed by atoms with Crippen LogP contribution in [0.3, 0.4) is 0 Å². The molecule has 20 heavy (non-hydrogen) atoms. The summed E-state index contributed by atoms with van der Waals surface area (Å²) < 4.78 is 0. The van der Waals surface area contributed by atoms with E-state index in [0.29, 0.717) is 11.3 Å². The lowest BCUT2D eigenvalue weighted by molar-refractivity contribution is 0.100. The summed E-state index contributed by atoms with van der Waals surface area (Å²) in [6, 6.07) is 13.7. The molecule has 0 spiro atoms. The maximum absolute atomic E-state index is 11.4. The van der Waals surface area contributed by atoms with E-state index in [9.17, 15) is 4.79 Å². The van der Waals surface area contributed by atoms with Crippen LogP contribution in [0.1, 0.15) is 22.3 Å². The van der Waals surface area contributed by atoms with Gasteiger partial charge in [0.2, 0.25) is 0 Å². The van der Waals surface area contributed by atoms with E-state index in [1.807, 2.05) is 24.3 Å². The van der Waals surface area contributed by atoms with Gasteiger partial charge in [0.25, 0.3) is 5.91 Å². The summed E-state index contributed by atoms with van der Waals surface area (Å²) in [5.41, 5.74) is 15.7. The van der Waals surface area contributed by atoms with E-state index in [0.717, 1.165) is 30.8 Å². The van der Waals surface area contributed by atoms with Gasteiger partial charge in [0.1, 0.15) is 0 Å². The van der Waals surface area contributed by atoms with Crippen LogP contribution in [-0.4, -0.2) is 12.5 Å². The number of nitrogens with zero attached hydrogens (tertiary/aromatic N) is 1. The molecule has 2 aromatic rings. The Labute approximate surface area is 118 Å². The van der Waals surface area contributed by atoms with Gasteiger partial charge in [-0.25, -0.2) is 0 Å². The number of nitrogen functional groups attached to an aromatic ring is 1. The highest BCUT2D eigenvalue weighted by Crippen LogP contribution is 2.37. The Hall–Kier alpha value is -2.49. The molecule has 0 saturated carbocycles. The number of aryl methyl sites for hydroxylation is 1. The molecule has 3 rings (SSSR count). The Balaban J connectivity index is 2.11. The smallest absolute Gasteiger partial charge is 0.250 e. The maximum atomic E-state index is 11.4. The molecule has 4 heteroatoms. The van der Waals surface area contributed by atoms with E-state index in [1.54, 1.807) is 6.07 Å². The molecule has 1 amide bonds. The van der Waals surface area contributed by atoms with E-state index in [-0.39, 0.29) is 0 Å². The molecule has 0 unspecified atom stereocenters. The summed E-state index contributed by atoms with van der Waals surface area (Å²) in [5, 5.41) is 0. The lowest BCUT2D eigenvalue weighted by Crippen LogP contribution is -2.26. The van der Waals surface area contributed by atoms with Gasteiger partial charge in [-0.2, -0.15) is 0 Å². The molecule has 0 saturated heterocycles. The third-order valence-electron chi connectivity index (χ3n) is 3.75. The lowest BCUT2D eigenvalue weighted by atomic mass is 10.00. The summed E-state index contributed by atoms with van der Waals surface area (Å²) in [7, 11) is 0. The third kappa shape index (κ3) is 1.99. The van der Waals surface area contributed by atoms with E-state index in [4.69, 9.17) is 11.5 Å². The number of nitrogens with two attached hydrogens (primary N) is 2. The second-order valence-corrected chi connectivity index (χ2v) is 4.99. The van der Waals surface area contributed by atoms with Crippen LogP contribution >= 0.6 is 0 Å². The molecule has 102 valence electrons. The van der Waals surface area contributed by atoms with Gasteiger partial charge in [0, 0.05) is 12.2 Å². The molecule has 0 bridgehead atoms. The summed E-state index contributed by atoms with van der Waals surface area (Å²) in [6.07, 6.45) is 2.14. The van der Waals surface area contributed by atoms with E-state index < -0.39 is 5.91 Å². The average molecular weight is 267 g/mol. The van der Waals surface area contributed by atoms with Crippen molar-refractivity contribution < 1.29 is 4.79 Å². The average Bonchev–Trinajstić information content (AvgIpc) is 2.47. The van der Waals surface area contributed by atoms with E-state index in [2.05, 4.69) is 17.0 Å².